The highest BCUT2D eigenvalue weighted by Gasteiger charge is 2.52. The molecular formula is C97H58BN3O2. The van der Waals surface area contributed by atoms with Gasteiger partial charge in [-0.2, -0.15) is 0 Å². The van der Waals surface area contributed by atoms with E-state index in [1.807, 2.05) is 0 Å². The van der Waals surface area contributed by atoms with Gasteiger partial charge in [-0.1, -0.05) is 285 Å². The molecule has 4 aliphatic rings. The Bertz CT molecular complexity index is 6390. The molecule has 2 aliphatic carbocycles. The molecule has 0 atom stereocenters. The van der Waals surface area contributed by atoms with Gasteiger partial charge >= 0.3 is 0 Å². The van der Waals surface area contributed by atoms with E-state index in [4.69, 9.17) is 8.83 Å². The van der Waals surface area contributed by atoms with Crippen molar-refractivity contribution in [2.75, 3.05) is 9.80 Å². The van der Waals surface area contributed by atoms with Crippen LogP contribution < -0.4 is 26.2 Å². The Morgan fingerprint density at radius 3 is 1.08 bits per heavy atom. The number of hydrogen-bond donors (Lipinski definition) is 0. The number of nitrogens with zero attached hydrogens (tertiary/aromatic N) is 3. The first kappa shape index (κ1) is 56.5. The van der Waals surface area contributed by atoms with Gasteiger partial charge in [0, 0.05) is 77.3 Å². The number of aromatic nitrogens is 1. The summed E-state index contributed by atoms with van der Waals surface area (Å²) < 4.78 is 16.8. The molecular weight excluding hydrogens is 1250 g/mol. The van der Waals surface area contributed by atoms with Crippen LogP contribution in [0.2, 0.25) is 0 Å². The minimum Gasteiger partial charge on any atom is -0.456 e. The van der Waals surface area contributed by atoms with Gasteiger partial charge in [0.2, 0.25) is 0 Å². The van der Waals surface area contributed by atoms with E-state index < -0.39 is 5.41 Å². The van der Waals surface area contributed by atoms with Gasteiger partial charge in [0.05, 0.1) is 33.5 Å². The number of fused-ring (bicyclic) bond motifs is 23. The smallest absolute Gasteiger partial charge is 0.252 e. The Balaban J connectivity index is 0.925. The molecule has 3 aromatic heterocycles. The number of benzene rings is 16. The molecule has 0 unspecified atom stereocenters. The maximum atomic E-state index is 7.12. The van der Waals surface area contributed by atoms with E-state index >= 15 is 0 Å². The Labute approximate surface area is 594 Å². The highest BCUT2D eigenvalue weighted by Crippen LogP contribution is 2.64. The minimum atomic E-state index is -0.583. The summed E-state index contributed by atoms with van der Waals surface area (Å²) in [4.78, 5) is 5.32. The van der Waals surface area contributed by atoms with Crippen molar-refractivity contribution in [3.8, 4) is 72.4 Å². The third-order valence-corrected chi connectivity index (χ3v) is 23.0. The topological polar surface area (TPSA) is 37.7 Å². The van der Waals surface area contributed by atoms with Gasteiger partial charge in [-0.05, 0) is 150 Å². The molecule has 6 heteroatoms. The maximum Gasteiger partial charge on any atom is 0.252 e. The zero-order chi connectivity index (χ0) is 67.2. The number of anilines is 6. The summed E-state index contributed by atoms with van der Waals surface area (Å²) in [5.41, 5.74) is 35.1. The molecule has 1 spiro atoms. The highest BCUT2D eigenvalue weighted by molar-refractivity contribution is 7.00. The summed E-state index contributed by atoms with van der Waals surface area (Å²) in [6, 6.07) is 131. The summed E-state index contributed by atoms with van der Waals surface area (Å²) in [7, 11) is 0. The van der Waals surface area contributed by atoms with Gasteiger partial charge in [0.15, 0.2) is 0 Å². The molecule has 23 rings (SSSR count). The van der Waals surface area contributed by atoms with Crippen LogP contribution in [0, 0.1) is 0 Å². The fourth-order valence-electron chi connectivity index (χ4n) is 18.8. The third kappa shape index (κ3) is 7.76. The van der Waals surface area contributed by atoms with Crippen molar-refractivity contribution in [3.05, 3.63) is 374 Å². The Kier molecular flexibility index (Phi) is 11.7. The second-order valence-corrected chi connectivity index (χ2v) is 28.0. The van der Waals surface area contributed by atoms with Crippen molar-refractivity contribution in [2.45, 2.75) is 5.41 Å². The number of para-hydroxylation sites is 5. The predicted octanol–water partition coefficient (Wildman–Crippen LogP) is 23.7. The molecule has 16 aromatic carbocycles. The molecule has 476 valence electrons. The van der Waals surface area contributed by atoms with Crippen molar-refractivity contribution in [3.63, 3.8) is 0 Å². The van der Waals surface area contributed by atoms with E-state index in [-0.39, 0.29) is 6.71 Å². The zero-order valence-electron chi connectivity index (χ0n) is 55.7. The third-order valence-electron chi connectivity index (χ3n) is 23.0. The lowest BCUT2D eigenvalue weighted by Crippen LogP contribution is -2.61. The summed E-state index contributed by atoms with van der Waals surface area (Å²) in [5.74, 6) is 0. The van der Waals surface area contributed by atoms with Gasteiger partial charge in [-0.15, -0.1) is 0 Å². The molecule has 0 bridgehead atoms. The fraction of sp³-hybridized carbons (Fsp3) is 0.0103. The van der Waals surface area contributed by atoms with Gasteiger partial charge in [0.1, 0.15) is 22.3 Å². The normalized spacial score (nSPS) is 13.5. The molecule has 0 amide bonds. The lowest BCUT2D eigenvalue weighted by Gasteiger charge is -2.46. The van der Waals surface area contributed by atoms with Crippen molar-refractivity contribution in [2.24, 2.45) is 0 Å². The van der Waals surface area contributed by atoms with Crippen LogP contribution in [0.25, 0.3) is 138 Å². The molecule has 0 radical (unpaired) electrons. The quantitative estimate of drug-likeness (QED) is 0.149. The Morgan fingerprint density at radius 2 is 0.621 bits per heavy atom. The monoisotopic (exact) mass is 1310 g/mol. The van der Waals surface area contributed by atoms with E-state index in [1.54, 1.807) is 0 Å². The maximum absolute atomic E-state index is 7.12. The van der Waals surface area contributed by atoms with Gasteiger partial charge in [-0.3, -0.25) is 0 Å². The fourth-order valence-corrected chi connectivity index (χ4v) is 18.8. The molecule has 0 saturated heterocycles. The van der Waals surface area contributed by atoms with Crippen LogP contribution in [0.3, 0.4) is 0 Å². The first-order valence-electron chi connectivity index (χ1n) is 35.7. The zero-order valence-corrected chi connectivity index (χ0v) is 55.7. The molecule has 19 aromatic rings. The van der Waals surface area contributed by atoms with Crippen molar-refractivity contribution in [1.29, 1.82) is 0 Å². The number of rotatable bonds is 7. The van der Waals surface area contributed by atoms with E-state index in [2.05, 4.69) is 366 Å². The van der Waals surface area contributed by atoms with Crippen LogP contribution in [0.1, 0.15) is 22.3 Å². The lowest BCUT2D eigenvalue weighted by atomic mass is 9.33. The van der Waals surface area contributed by atoms with Crippen molar-refractivity contribution >= 4 is 123 Å². The molecule has 103 heavy (non-hydrogen) atoms. The van der Waals surface area contributed by atoms with Crippen LogP contribution in [0.5, 0.6) is 0 Å². The van der Waals surface area contributed by atoms with Crippen molar-refractivity contribution < 1.29 is 8.83 Å². The lowest BCUT2D eigenvalue weighted by molar-refractivity contribution is 0.669. The largest absolute Gasteiger partial charge is 0.456 e. The SMILES string of the molecule is c1ccc(-c2cccc(-c3ccccc3)c2N2c3cc4c(cc3B3c5cc6oc7ccccc7c6cc5N(c5c(-c6ccccc6)cccc5-c5ccccc5)c5cc(-n6c7ccccc7c7cc8c(cc76)C6(c7ccccc7-c7ccccc76)c6ccccc6-8)cc2c53)oc2ccccc24)cc1. The minimum absolute atomic E-state index is 0.359. The molecule has 0 fully saturated rings. The van der Waals surface area contributed by atoms with Crippen LogP contribution in [0.4, 0.5) is 34.1 Å². The summed E-state index contributed by atoms with van der Waals surface area (Å²) in [6.45, 7) is -0.359. The number of hydrogen-bond acceptors (Lipinski definition) is 4. The Morgan fingerprint density at radius 1 is 0.243 bits per heavy atom. The van der Waals surface area contributed by atoms with E-state index in [0.29, 0.717) is 0 Å². The van der Waals surface area contributed by atoms with E-state index in [0.717, 1.165) is 156 Å². The predicted molar refractivity (Wildman–Crippen MR) is 427 cm³/mol. The first-order valence-corrected chi connectivity index (χ1v) is 35.7. The summed E-state index contributed by atoms with van der Waals surface area (Å²) in [6.07, 6.45) is 0. The van der Waals surface area contributed by atoms with Crippen molar-refractivity contribution in [1.82, 2.24) is 4.57 Å². The van der Waals surface area contributed by atoms with Crippen LogP contribution in [-0.4, -0.2) is 11.3 Å². The molecule has 5 nitrogen and oxygen atoms in total. The average Bonchev–Trinajstić information content (AvgIpc) is 1.57. The first-order chi connectivity index (χ1) is 51.1. The average molecular weight is 1310 g/mol. The highest BCUT2D eigenvalue weighted by atomic mass is 16.3. The molecule has 5 heterocycles. The standard InChI is InChI=1S/C97H58BN3O2/c1-5-27-59(28-6-1)64-41-25-42-65(60-29-7-2-8-30-60)95(64)100-86-54-76-72-39-17-23-49-90(72)102-92(76)57-82(86)98-83-58-93-77(73-40-18-24-50-91(73)103-93)55-87(83)101(96-66(61-31-9-3-10-32-61)43-26-44-67(96)62-33-11-4-12-34-62)89-52-63(51-88(100)94(89)98)99-84-48-22-16-38-71(84)75-53-74-70-37-15-21-47-80(70)97(81(74)56-85(75)99)78-45-19-13-35-68(78)69-36-14-20-46-79(69)97/h1-58H. The van der Waals surface area contributed by atoms with E-state index in [1.165, 1.54) is 55.3 Å². The molecule has 0 N–H and O–H groups in total. The Hall–Kier alpha value is -13.4. The second kappa shape index (κ2) is 21.3. The molecule has 2 aliphatic heterocycles. The summed E-state index contributed by atoms with van der Waals surface area (Å²) in [5, 5.41) is 6.61. The summed E-state index contributed by atoms with van der Waals surface area (Å²) >= 11 is 0. The second-order valence-electron chi connectivity index (χ2n) is 28.0. The molecule has 0 saturated carbocycles. The van der Waals surface area contributed by atoms with Gasteiger partial charge in [-0.25, -0.2) is 0 Å². The van der Waals surface area contributed by atoms with Crippen LogP contribution in [0.15, 0.2) is 361 Å². The van der Waals surface area contributed by atoms with Gasteiger partial charge in [0.25, 0.3) is 6.71 Å². The van der Waals surface area contributed by atoms with Crippen LogP contribution in [-0.2, 0) is 5.41 Å². The van der Waals surface area contributed by atoms with Crippen LogP contribution >= 0.6 is 0 Å². The van der Waals surface area contributed by atoms with Gasteiger partial charge < -0.3 is 23.2 Å². The number of furan rings is 2. The van der Waals surface area contributed by atoms with E-state index in [9.17, 15) is 0 Å².